The summed E-state index contributed by atoms with van der Waals surface area (Å²) in [6.45, 7) is 10.1. The summed E-state index contributed by atoms with van der Waals surface area (Å²) in [5, 5.41) is 0. The highest BCUT2D eigenvalue weighted by atomic mass is 35.5. The van der Waals surface area contributed by atoms with Gasteiger partial charge in [0.15, 0.2) is 0 Å². The third-order valence-corrected chi connectivity index (χ3v) is 4.07. The van der Waals surface area contributed by atoms with Crippen LogP contribution < -0.4 is 5.73 Å². The second kappa shape index (κ2) is 9.16. The van der Waals surface area contributed by atoms with Gasteiger partial charge in [-0.25, -0.2) is 0 Å². The Labute approximate surface area is 140 Å². The summed E-state index contributed by atoms with van der Waals surface area (Å²) in [5.74, 6) is 0.833. The molecule has 2 saturated heterocycles. The highest BCUT2D eigenvalue weighted by molar-refractivity contribution is 5.86. The molecule has 0 radical (unpaired) electrons. The van der Waals surface area contributed by atoms with Gasteiger partial charge in [0.1, 0.15) is 0 Å². The van der Waals surface area contributed by atoms with E-state index in [-0.39, 0.29) is 30.7 Å². The molecule has 0 saturated carbocycles. The summed E-state index contributed by atoms with van der Waals surface area (Å²) in [6.07, 6.45) is 2.35. The van der Waals surface area contributed by atoms with Gasteiger partial charge in [0, 0.05) is 45.9 Å². The molecular formula is C14H29Cl2N3O2. The molecule has 0 aromatic carbocycles. The molecule has 126 valence electrons. The minimum atomic E-state index is -0.747. The summed E-state index contributed by atoms with van der Waals surface area (Å²) in [7, 11) is 0. The number of piperazine rings is 1. The Morgan fingerprint density at radius 1 is 1.14 bits per heavy atom. The topological polar surface area (TPSA) is 58.8 Å². The second-order valence-electron chi connectivity index (χ2n) is 6.37. The van der Waals surface area contributed by atoms with Crippen LogP contribution >= 0.6 is 24.8 Å². The first-order valence-corrected chi connectivity index (χ1v) is 7.35. The van der Waals surface area contributed by atoms with Crippen LogP contribution in [0.1, 0.15) is 26.7 Å². The van der Waals surface area contributed by atoms with Crippen molar-refractivity contribution in [2.75, 3.05) is 45.9 Å². The number of amides is 1. The number of carbonyl (C=O) groups is 1. The predicted octanol–water partition coefficient (Wildman–Crippen LogP) is 1.14. The summed E-state index contributed by atoms with van der Waals surface area (Å²) in [5.41, 5.74) is 5.13. The maximum Gasteiger partial charge on any atom is 0.242 e. The lowest BCUT2D eigenvalue weighted by Crippen LogP contribution is -2.57. The van der Waals surface area contributed by atoms with Gasteiger partial charge in [-0.2, -0.15) is 0 Å². The molecule has 2 heterocycles. The number of rotatable bonds is 3. The molecule has 2 N–H and O–H groups in total. The predicted molar refractivity (Wildman–Crippen MR) is 89.3 cm³/mol. The van der Waals surface area contributed by atoms with E-state index in [9.17, 15) is 4.79 Å². The van der Waals surface area contributed by atoms with Crippen LogP contribution in [0.3, 0.4) is 0 Å². The van der Waals surface area contributed by atoms with Gasteiger partial charge in [-0.15, -0.1) is 24.8 Å². The number of halogens is 2. The quantitative estimate of drug-likeness (QED) is 0.836. The first kappa shape index (κ1) is 20.9. The van der Waals surface area contributed by atoms with E-state index in [1.807, 2.05) is 4.90 Å². The monoisotopic (exact) mass is 341 g/mol. The van der Waals surface area contributed by atoms with E-state index < -0.39 is 5.54 Å². The highest BCUT2D eigenvalue weighted by Gasteiger charge is 2.30. The van der Waals surface area contributed by atoms with E-state index in [4.69, 9.17) is 10.5 Å². The molecule has 0 aromatic rings. The molecule has 2 rings (SSSR count). The molecule has 21 heavy (non-hydrogen) atoms. The molecule has 0 bridgehead atoms. The van der Waals surface area contributed by atoms with Gasteiger partial charge in [-0.1, -0.05) is 0 Å². The van der Waals surface area contributed by atoms with Crippen molar-refractivity contribution in [1.29, 1.82) is 0 Å². The third-order valence-electron chi connectivity index (χ3n) is 4.07. The summed E-state index contributed by atoms with van der Waals surface area (Å²) in [6, 6.07) is 0. The van der Waals surface area contributed by atoms with Crippen LogP contribution in [0, 0.1) is 5.92 Å². The van der Waals surface area contributed by atoms with Gasteiger partial charge in [0.25, 0.3) is 0 Å². The number of hydrogen-bond donors (Lipinski definition) is 1. The fraction of sp³-hybridized carbons (Fsp3) is 0.929. The smallest absolute Gasteiger partial charge is 0.242 e. The zero-order valence-corrected chi connectivity index (χ0v) is 14.7. The average Bonchev–Trinajstić information content (AvgIpc) is 2.39. The molecular weight excluding hydrogens is 313 g/mol. The number of hydrogen-bond acceptors (Lipinski definition) is 4. The Bertz CT molecular complexity index is 310. The van der Waals surface area contributed by atoms with Gasteiger partial charge in [0.2, 0.25) is 5.91 Å². The van der Waals surface area contributed by atoms with Crippen LogP contribution in [0.4, 0.5) is 0 Å². The fourth-order valence-electron chi connectivity index (χ4n) is 2.84. The molecule has 2 fully saturated rings. The molecule has 5 nitrogen and oxygen atoms in total. The zero-order valence-electron chi connectivity index (χ0n) is 13.0. The van der Waals surface area contributed by atoms with Gasteiger partial charge in [0.05, 0.1) is 5.54 Å². The molecule has 2 aliphatic heterocycles. The van der Waals surface area contributed by atoms with Crippen molar-refractivity contribution in [2.45, 2.75) is 32.2 Å². The summed E-state index contributed by atoms with van der Waals surface area (Å²) < 4.78 is 5.39. The first-order chi connectivity index (χ1) is 8.97. The second-order valence-corrected chi connectivity index (χ2v) is 6.37. The average molecular weight is 342 g/mol. The summed E-state index contributed by atoms with van der Waals surface area (Å²) in [4.78, 5) is 16.5. The van der Waals surface area contributed by atoms with Gasteiger partial charge < -0.3 is 15.4 Å². The Hall–Kier alpha value is -0.0700. The van der Waals surface area contributed by atoms with Crippen molar-refractivity contribution in [3.8, 4) is 0 Å². The van der Waals surface area contributed by atoms with E-state index in [2.05, 4.69) is 4.90 Å². The normalized spacial score (nSPS) is 21.4. The lowest BCUT2D eigenvalue weighted by Gasteiger charge is -2.39. The molecule has 0 atom stereocenters. The SMILES string of the molecule is CC(C)(N)C(=O)N1CCN(CC2CCOCC2)CC1.Cl.Cl. The van der Waals surface area contributed by atoms with E-state index >= 15 is 0 Å². The standard InChI is InChI=1S/C14H27N3O2.2ClH/c1-14(2,15)13(18)17-7-5-16(6-8-17)11-12-3-9-19-10-4-12;;/h12H,3-11,15H2,1-2H3;2*1H. The lowest BCUT2D eigenvalue weighted by atomic mass is 9.99. The maximum absolute atomic E-state index is 12.1. The van der Waals surface area contributed by atoms with Crippen molar-refractivity contribution in [1.82, 2.24) is 9.80 Å². The maximum atomic E-state index is 12.1. The van der Waals surface area contributed by atoms with E-state index in [1.165, 1.54) is 12.8 Å². The van der Waals surface area contributed by atoms with Crippen molar-refractivity contribution < 1.29 is 9.53 Å². The largest absolute Gasteiger partial charge is 0.381 e. The van der Waals surface area contributed by atoms with E-state index in [0.29, 0.717) is 0 Å². The molecule has 0 aliphatic carbocycles. The molecule has 2 aliphatic rings. The van der Waals surface area contributed by atoms with E-state index in [1.54, 1.807) is 13.8 Å². The Balaban J connectivity index is 0.00000200. The Kier molecular flexibility index (Phi) is 9.12. The van der Waals surface area contributed by atoms with Crippen LogP contribution in [-0.4, -0.2) is 67.2 Å². The van der Waals surface area contributed by atoms with Gasteiger partial charge in [-0.3, -0.25) is 9.69 Å². The molecule has 0 unspecified atom stereocenters. The molecule has 1 amide bonds. The number of nitrogens with zero attached hydrogens (tertiary/aromatic N) is 2. The first-order valence-electron chi connectivity index (χ1n) is 7.35. The van der Waals surface area contributed by atoms with Crippen LogP contribution in [0.2, 0.25) is 0 Å². The van der Waals surface area contributed by atoms with Crippen molar-refractivity contribution >= 4 is 30.7 Å². The Morgan fingerprint density at radius 2 is 1.67 bits per heavy atom. The third kappa shape index (κ3) is 6.28. The summed E-state index contributed by atoms with van der Waals surface area (Å²) >= 11 is 0. The number of carbonyl (C=O) groups excluding carboxylic acids is 1. The van der Waals surface area contributed by atoms with Crippen LogP contribution in [0.15, 0.2) is 0 Å². The van der Waals surface area contributed by atoms with Crippen molar-refractivity contribution in [3.63, 3.8) is 0 Å². The zero-order chi connectivity index (χ0) is 13.9. The van der Waals surface area contributed by atoms with Gasteiger partial charge >= 0.3 is 0 Å². The number of ether oxygens (including phenoxy) is 1. The molecule has 0 spiro atoms. The van der Waals surface area contributed by atoms with Crippen LogP contribution in [0.5, 0.6) is 0 Å². The van der Waals surface area contributed by atoms with Gasteiger partial charge in [-0.05, 0) is 32.6 Å². The van der Waals surface area contributed by atoms with Crippen molar-refractivity contribution in [2.24, 2.45) is 11.7 Å². The molecule has 7 heteroatoms. The molecule has 0 aromatic heterocycles. The Morgan fingerprint density at radius 3 is 2.14 bits per heavy atom. The highest BCUT2D eigenvalue weighted by Crippen LogP contribution is 2.17. The van der Waals surface area contributed by atoms with E-state index in [0.717, 1.165) is 51.9 Å². The fourth-order valence-corrected chi connectivity index (χ4v) is 2.84. The minimum Gasteiger partial charge on any atom is -0.381 e. The van der Waals surface area contributed by atoms with Crippen LogP contribution in [-0.2, 0) is 9.53 Å². The van der Waals surface area contributed by atoms with Crippen molar-refractivity contribution in [3.05, 3.63) is 0 Å². The number of nitrogens with two attached hydrogens (primary N) is 1. The minimum absolute atomic E-state index is 0. The lowest BCUT2D eigenvalue weighted by molar-refractivity contribution is -0.137. The van der Waals surface area contributed by atoms with Crippen LogP contribution in [0.25, 0.3) is 0 Å².